The van der Waals surface area contributed by atoms with Crippen molar-refractivity contribution in [3.05, 3.63) is 71.3 Å². The number of likely N-dealkylation sites (N-methyl/N-ethyl adjacent to an activating group) is 1. The molecule has 1 atom stereocenters. The third-order valence-corrected chi connectivity index (χ3v) is 5.84. The number of hydrogen-bond donors (Lipinski definition) is 0. The quantitative estimate of drug-likeness (QED) is 0.544. The summed E-state index contributed by atoms with van der Waals surface area (Å²) in [5.74, 6) is 1.50. The van der Waals surface area contributed by atoms with Crippen molar-refractivity contribution in [1.29, 1.82) is 0 Å². The van der Waals surface area contributed by atoms with Crippen molar-refractivity contribution in [2.45, 2.75) is 32.1 Å². The Morgan fingerprint density at radius 2 is 1.89 bits per heavy atom. The Hall–Kier alpha value is -2.47. The van der Waals surface area contributed by atoms with E-state index in [0.29, 0.717) is 0 Å². The van der Waals surface area contributed by atoms with Crippen LogP contribution in [0.5, 0.6) is 5.75 Å². The molecule has 148 valence electrons. The molecule has 0 saturated heterocycles. The molecule has 0 N–H and O–H groups in total. The molecule has 3 rings (SSSR count). The van der Waals surface area contributed by atoms with Crippen molar-refractivity contribution in [2.24, 2.45) is 0 Å². The van der Waals surface area contributed by atoms with Crippen LogP contribution in [0.15, 0.2) is 48.5 Å². The minimum atomic E-state index is -0.215. The molecule has 1 heterocycles. The minimum absolute atomic E-state index is 0.0820. The summed E-state index contributed by atoms with van der Waals surface area (Å²) in [6.07, 6.45) is 0. The first-order valence-electron chi connectivity index (χ1n) is 9.25. The summed E-state index contributed by atoms with van der Waals surface area (Å²) in [5, 5.41) is 0.875. The van der Waals surface area contributed by atoms with Crippen molar-refractivity contribution in [3.8, 4) is 5.75 Å². The van der Waals surface area contributed by atoms with Crippen molar-refractivity contribution >= 4 is 16.7 Å². The second kappa shape index (κ2) is 8.27. The fraction of sp³-hybridized carbons (Fsp3) is 0.364. The molecule has 1 unspecified atom stereocenters. The molecule has 0 aliphatic carbocycles. The van der Waals surface area contributed by atoms with Gasteiger partial charge in [0.05, 0.1) is 7.11 Å². The number of ether oxygens (including phenoxy) is 1. The first kappa shape index (κ1) is 20.3. The lowest BCUT2D eigenvalue weighted by molar-refractivity contribution is 0.414. The van der Waals surface area contributed by atoms with Gasteiger partial charge in [0.1, 0.15) is 11.6 Å². The smallest absolute Gasteiger partial charge is 0.204 e. The Kier molecular flexibility index (Phi) is 5.98. The summed E-state index contributed by atoms with van der Waals surface area (Å²) in [4.78, 5) is 6.88. The van der Waals surface area contributed by atoms with Crippen LogP contribution in [0.25, 0.3) is 0 Å². The van der Waals surface area contributed by atoms with Crippen LogP contribution in [-0.2, 0) is 5.41 Å². The predicted octanol–water partition coefficient (Wildman–Crippen LogP) is 5.25. The van der Waals surface area contributed by atoms with Crippen molar-refractivity contribution < 1.29 is 9.13 Å². The lowest BCUT2D eigenvalue weighted by atomic mass is 9.84. The molecule has 0 aliphatic heterocycles. The van der Waals surface area contributed by atoms with Gasteiger partial charge in [-0.3, -0.25) is 0 Å². The fourth-order valence-corrected chi connectivity index (χ4v) is 3.98. The predicted molar refractivity (Wildman–Crippen MR) is 113 cm³/mol. The Morgan fingerprint density at radius 3 is 2.57 bits per heavy atom. The highest BCUT2D eigenvalue weighted by Crippen LogP contribution is 2.30. The third kappa shape index (κ3) is 4.50. The lowest BCUT2D eigenvalue weighted by Crippen LogP contribution is -2.34. The number of benzene rings is 2. The van der Waals surface area contributed by atoms with Crippen LogP contribution in [0, 0.1) is 5.82 Å². The number of anilines is 1. The number of hydrogen-bond acceptors (Lipinski definition) is 5. The molecule has 3 aromatic rings. The zero-order chi connectivity index (χ0) is 20.3. The van der Waals surface area contributed by atoms with Crippen LogP contribution in [0.3, 0.4) is 0 Å². The van der Waals surface area contributed by atoms with E-state index >= 15 is 0 Å². The van der Waals surface area contributed by atoms with Gasteiger partial charge in [0.15, 0.2) is 5.82 Å². The van der Waals surface area contributed by atoms with Gasteiger partial charge >= 0.3 is 0 Å². The van der Waals surface area contributed by atoms with E-state index in [4.69, 9.17) is 9.72 Å². The number of aromatic nitrogens is 2. The molecule has 0 fully saturated rings. The zero-order valence-corrected chi connectivity index (χ0v) is 17.8. The molecule has 0 aliphatic rings. The van der Waals surface area contributed by atoms with Gasteiger partial charge in [0, 0.05) is 36.5 Å². The van der Waals surface area contributed by atoms with E-state index in [-0.39, 0.29) is 17.2 Å². The van der Waals surface area contributed by atoms with Gasteiger partial charge in [0.2, 0.25) is 5.13 Å². The van der Waals surface area contributed by atoms with Crippen LogP contribution < -0.4 is 9.64 Å². The molecule has 4 nitrogen and oxygen atoms in total. The van der Waals surface area contributed by atoms with E-state index in [2.05, 4.69) is 36.1 Å². The molecule has 2 aromatic carbocycles. The van der Waals surface area contributed by atoms with Gasteiger partial charge in [-0.2, -0.15) is 4.37 Å². The van der Waals surface area contributed by atoms with Gasteiger partial charge in [-0.1, -0.05) is 45.0 Å². The number of methoxy groups -OCH3 is 1. The highest BCUT2D eigenvalue weighted by molar-refractivity contribution is 7.09. The second-order valence-electron chi connectivity index (χ2n) is 7.68. The summed E-state index contributed by atoms with van der Waals surface area (Å²) in [5.41, 5.74) is 2.07. The fourth-order valence-electron chi connectivity index (χ4n) is 3.27. The molecule has 0 amide bonds. The normalized spacial score (nSPS) is 12.6. The lowest BCUT2D eigenvalue weighted by Gasteiger charge is -2.30. The van der Waals surface area contributed by atoms with Crippen molar-refractivity contribution in [2.75, 3.05) is 25.6 Å². The largest absolute Gasteiger partial charge is 0.497 e. The summed E-state index contributed by atoms with van der Waals surface area (Å²) < 4.78 is 23.1. The van der Waals surface area contributed by atoms with E-state index in [1.165, 1.54) is 23.7 Å². The average molecular weight is 400 g/mol. The molecule has 28 heavy (non-hydrogen) atoms. The molecule has 0 radical (unpaired) electrons. The van der Waals surface area contributed by atoms with E-state index in [0.717, 1.165) is 34.4 Å². The van der Waals surface area contributed by atoms with Gasteiger partial charge < -0.3 is 9.64 Å². The molecule has 0 spiro atoms. The molecule has 1 aromatic heterocycles. The van der Waals surface area contributed by atoms with E-state index in [1.54, 1.807) is 7.11 Å². The van der Waals surface area contributed by atoms with Crippen LogP contribution in [0.2, 0.25) is 0 Å². The Labute approximate surface area is 170 Å². The highest BCUT2D eigenvalue weighted by atomic mass is 32.1. The van der Waals surface area contributed by atoms with Crippen molar-refractivity contribution in [3.63, 3.8) is 0 Å². The van der Waals surface area contributed by atoms with Gasteiger partial charge in [0.25, 0.3) is 0 Å². The first-order chi connectivity index (χ1) is 13.3. The summed E-state index contributed by atoms with van der Waals surface area (Å²) in [6.45, 7) is 7.15. The Morgan fingerprint density at radius 1 is 1.18 bits per heavy atom. The summed E-state index contributed by atoms with van der Waals surface area (Å²) in [7, 11) is 3.69. The molecule has 0 bridgehead atoms. The van der Waals surface area contributed by atoms with Crippen LogP contribution >= 0.6 is 11.5 Å². The maximum Gasteiger partial charge on any atom is 0.204 e. The zero-order valence-electron chi connectivity index (χ0n) is 16.9. The standard InChI is InChI=1S/C22H26FN3OS/c1-15(16-7-6-8-19(13-16)27-5)20-24-21(28-25-20)26(4)14-22(2,3)17-9-11-18(23)12-10-17/h6-13,15H,14H2,1-5H3. The van der Waals surface area contributed by atoms with Crippen LogP contribution in [-0.4, -0.2) is 30.1 Å². The van der Waals surface area contributed by atoms with E-state index in [1.807, 2.05) is 37.4 Å². The molecular weight excluding hydrogens is 373 g/mol. The topological polar surface area (TPSA) is 38.2 Å². The van der Waals surface area contributed by atoms with Gasteiger partial charge in [-0.25, -0.2) is 9.37 Å². The highest BCUT2D eigenvalue weighted by Gasteiger charge is 2.25. The van der Waals surface area contributed by atoms with E-state index in [9.17, 15) is 4.39 Å². The van der Waals surface area contributed by atoms with Crippen LogP contribution in [0.1, 0.15) is 43.6 Å². The maximum absolute atomic E-state index is 13.2. The van der Waals surface area contributed by atoms with Crippen molar-refractivity contribution in [1.82, 2.24) is 9.36 Å². The number of rotatable bonds is 7. The first-order valence-corrected chi connectivity index (χ1v) is 10.0. The Bertz CT molecular complexity index is 924. The number of halogens is 1. The molecule has 6 heteroatoms. The maximum atomic E-state index is 13.2. The molecular formula is C22H26FN3OS. The summed E-state index contributed by atoms with van der Waals surface area (Å²) in [6, 6.07) is 14.7. The SMILES string of the molecule is COc1cccc(C(C)c2nsc(N(C)CC(C)(C)c3ccc(F)cc3)n2)c1. The average Bonchev–Trinajstić information content (AvgIpc) is 3.18. The minimum Gasteiger partial charge on any atom is -0.497 e. The van der Waals surface area contributed by atoms with E-state index < -0.39 is 0 Å². The van der Waals surface area contributed by atoms with Gasteiger partial charge in [-0.05, 0) is 35.4 Å². The van der Waals surface area contributed by atoms with Gasteiger partial charge in [-0.15, -0.1) is 0 Å². The summed E-state index contributed by atoms with van der Waals surface area (Å²) >= 11 is 1.40. The monoisotopic (exact) mass is 399 g/mol. The molecule has 0 saturated carbocycles. The Balaban J connectivity index is 1.74. The van der Waals surface area contributed by atoms with Crippen LogP contribution in [0.4, 0.5) is 9.52 Å². The second-order valence-corrected chi connectivity index (χ2v) is 8.41. The third-order valence-electron chi connectivity index (χ3n) is 5.00. The number of nitrogens with zero attached hydrogens (tertiary/aromatic N) is 3.